The lowest BCUT2D eigenvalue weighted by molar-refractivity contribution is 0.139. The van der Waals surface area contributed by atoms with E-state index in [1.807, 2.05) is 32.0 Å². The Balaban J connectivity index is 2.48. The number of aromatic nitrogens is 2. The van der Waals surface area contributed by atoms with Gasteiger partial charge in [-0.3, -0.25) is 0 Å². The fraction of sp³-hybridized carbons (Fsp3) is 0.500. The van der Waals surface area contributed by atoms with E-state index in [-0.39, 0.29) is 5.38 Å². The van der Waals surface area contributed by atoms with Crippen molar-refractivity contribution in [2.45, 2.75) is 25.8 Å². The Bertz CT molecular complexity index is 552. The Morgan fingerprint density at radius 1 is 1.42 bits per heavy atom. The second-order valence-electron chi connectivity index (χ2n) is 4.26. The summed E-state index contributed by atoms with van der Waals surface area (Å²) in [4.78, 5) is 4.61. The lowest BCUT2D eigenvalue weighted by Gasteiger charge is -2.10. The highest BCUT2D eigenvalue weighted by Crippen LogP contribution is 2.29. The molecule has 0 bridgehead atoms. The second-order valence-corrected chi connectivity index (χ2v) is 4.92. The SMILES string of the molecule is CCOCCn1c(C(C)Cl)nc2c(OC)cccc21. The first-order chi connectivity index (χ1) is 9.19. The number of fused-ring (bicyclic) bond motifs is 1. The molecule has 0 fully saturated rings. The van der Waals surface area contributed by atoms with Crippen molar-refractivity contribution >= 4 is 22.6 Å². The van der Waals surface area contributed by atoms with Crippen LogP contribution < -0.4 is 4.74 Å². The van der Waals surface area contributed by atoms with Gasteiger partial charge in [-0.2, -0.15) is 0 Å². The average Bonchev–Trinajstić information content (AvgIpc) is 2.78. The summed E-state index contributed by atoms with van der Waals surface area (Å²) in [5.41, 5.74) is 1.88. The van der Waals surface area contributed by atoms with Crippen LogP contribution in [-0.4, -0.2) is 29.9 Å². The van der Waals surface area contributed by atoms with Gasteiger partial charge in [-0.05, 0) is 26.0 Å². The molecule has 5 heteroatoms. The van der Waals surface area contributed by atoms with Gasteiger partial charge in [-0.1, -0.05) is 6.07 Å². The Morgan fingerprint density at radius 2 is 2.21 bits per heavy atom. The van der Waals surface area contributed by atoms with Crippen LogP contribution in [0.5, 0.6) is 5.75 Å². The second kappa shape index (κ2) is 6.26. The third-order valence-corrected chi connectivity index (χ3v) is 3.21. The third-order valence-electron chi connectivity index (χ3n) is 3.01. The predicted molar refractivity (Wildman–Crippen MR) is 77.0 cm³/mol. The van der Waals surface area contributed by atoms with Crippen molar-refractivity contribution < 1.29 is 9.47 Å². The van der Waals surface area contributed by atoms with Gasteiger partial charge in [0.15, 0.2) is 0 Å². The number of imidazole rings is 1. The molecule has 0 amide bonds. The minimum atomic E-state index is -0.154. The van der Waals surface area contributed by atoms with Gasteiger partial charge in [0.1, 0.15) is 17.1 Å². The number of rotatable bonds is 6. The van der Waals surface area contributed by atoms with Crippen LogP contribution >= 0.6 is 11.6 Å². The maximum absolute atomic E-state index is 6.22. The highest BCUT2D eigenvalue weighted by Gasteiger charge is 2.17. The fourth-order valence-corrected chi connectivity index (χ4v) is 2.31. The summed E-state index contributed by atoms with van der Waals surface area (Å²) < 4.78 is 12.9. The van der Waals surface area contributed by atoms with E-state index >= 15 is 0 Å². The Hall–Kier alpha value is -1.26. The van der Waals surface area contributed by atoms with Gasteiger partial charge in [-0.25, -0.2) is 4.98 Å². The molecule has 0 radical (unpaired) electrons. The number of nitrogens with zero attached hydrogens (tertiary/aromatic N) is 2. The first-order valence-electron chi connectivity index (χ1n) is 6.44. The van der Waals surface area contributed by atoms with Crippen molar-refractivity contribution in [1.29, 1.82) is 0 Å². The first-order valence-corrected chi connectivity index (χ1v) is 6.87. The Kier molecular flexibility index (Phi) is 4.66. The number of methoxy groups -OCH3 is 1. The molecule has 0 aliphatic heterocycles. The molecule has 1 atom stereocenters. The molecule has 19 heavy (non-hydrogen) atoms. The zero-order valence-electron chi connectivity index (χ0n) is 11.5. The molecule has 1 aromatic carbocycles. The molecule has 0 aliphatic carbocycles. The molecular formula is C14H19ClN2O2. The molecule has 1 heterocycles. The molecule has 0 N–H and O–H groups in total. The maximum atomic E-state index is 6.22. The zero-order valence-corrected chi connectivity index (χ0v) is 12.3. The molecule has 0 saturated heterocycles. The quantitative estimate of drug-likeness (QED) is 0.602. The number of alkyl halides is 1. The smallest absolute Gasteiger partial charge is 0.146 e. The summed E-state index contributed by atoms with van der Waals surface area (Å²) in [7, 11) is 1.65. The van der Waals surface area contributed by atoms with Gasteiger partial charge in [0.25, 0.3) is 0 Å². The lowest BCUT2D eigenvalue weighted by atomic mass is 10.3. The molecule has 2 rings (SSSR count). The first kappa shape index (κ1) is 14.2. The van der Waals surface area contributed by atoms with Crippen molar-refractivity contribution in [3.63, 3.8) is 0 Å². The lowest BCUT2D eigenvalue weighted by Crippen LogP contribution is -2.09. The molecule has 4 nitrogen and oxygen atoms in total. The average molecular weight is 283 g/mol. The summed E-state index contributed by atoms with van der Waals surface area (Å²) in [5, 5.41) is -0.154. The monoisotopic (exact) mass is 282 g/mol. The number of para-hydroxylation sites is 1. The van der Waals surface area contributed by atoms with Crippen LogP contribution in [0.25, 0.3) is 11.0 Å². The zero-order chi connectivity index (χ0) is 13.8. The number of hydrogen-bond donors (Lipinski definition) is 0. The minimum Gasteiger partial charge on any atom is -0.494 e. The van der Waals surface area contributed by atoms with Crippen LogP contribution in [-0.2, 0) is 11.3 Å². The number of hydrogen-bond acceptors (Lipinski definition) is 3. The van der Waals surface area contributed by atoms with Crippen LogP contribution in [0.2, 0.25) is 0 Å². The van der Waals surface area contributed by atoms with Gasteiger partial charge in [-0.15, -0.1) is 11.6 Å². The van der Waals surface area contributed by atoms with Crippen molar-refractivity contribution in [3.8, 4) is 5.75 Å². The number of halogens is 1. The van der Waals surface area contributed by atoms with Crippen LogP contribution in [0.4, 0.5) is 0 Å². The van der Waals surface area contributed by atoms with Crippen molar-refractivity contribution in [3.05, 3.63) is 24.0 Å². The molecule has 0 aliphatic rings. The highest BCUT2D eigenvalue weighted by molar-refractivity contribution is 6.20. The summed E-state index contributed by atoms with van der Waals surface area (Å²) in [6.45, 7) is 6.01. The van der Waals surface area contributed by atoms with E-state index in [0.29, 0.717) is 13.2 Å². The van der Waals surface area contributed by atoms with Crippen molar-refractivity contribution in [2.24, 2.45) is 0 Å². The van der Waals surface area contributed by atoms with Gasteiger partial charge in [0, 0.05) is 13.2 Å². The molecule has 0 spiro atoms. The van der Waals surface area contributed by atoms with Crippen molar-refractivity contribution in [1.82, 2.24) is 9.55 Å². The molecule has 1 aromatic heterocycles. The normalized spacial score (nSPS) is 12.8. The molecule has 2 aromatic rings. The van der Waals surface area contributed by atoms with E-state index < -0.39 is 0 Å². The van der Waals surface area contributed by atoms with E-state index in [0.717, 1.165) is 29.2 Å². The summed E-state index contributed by atoms with van der Waals surface area (Å²) in [6.07, 6.45) is 0. The van der Waals surface area contributed by atoms with Crippen LogP contribution in [0, 0.1) is 0 Å². The van der Waals surface area contributed by atoms with E-state index in [4.69, 9.17) is 21.1 Å². The van der Waals surface area contributed by atoms with Crippen LogP contribution in [0.3, 0.4) is 0 Å². The van der Waals surface area contributed by atoms with E-state index in [1.54, 1.807) is 7.11 Å². The maximum Gasteiger partial charge on any atom is 0.146 e. The summed E-state index contributed by atoms with van der Waals surface area (Å²) in [5.74, 6) is 1.62. The van der Waals surface area contributed by atoms with Gasteiger partial charge in [0.2, 0.25) is 0 Å². The van der Waals surface area contributed by atoms with Crippen molar-refractivity contribution in [2.75, 3.05) is 20.3 Å². The largest absolute Gasteiger partial charge is 0.494 e. The highest BCUT2D eigenvalue weighted by atomic mass is 35.5. The number of ether oxygens (including phenoxy) is 2. The van der Waals surface area contributed by atoms with Crippen LogP contribution in [0.15, 0.2) is 18.2 Å². The van der Waals surface area contributed by atoms with E-state index in [2.05, 4.69) is 9.55 Å². The predicted octanol–water partition coefficient (Wildman–Crippen LogP) is 3.38. The molecule has 1 unspecified atom stereocenters. The Morgan fingerprint density at radius 3 is 2.84 bits per heavy atom. The summed E-state index contributed by atoms with van der Waals surface area (Å²) in [6, 6.07) is 5.90. The fourth-order valence-electron chi connectivity index (χ4n) is 2.14. The number of benzene rings is 1. The topological polar surface area (TPSA) is 36.3 Å². The van der Waals surface area contributed by atoms with Gasteiger partial charge >= 0.3 is 0 Å². The van der Waals surface area contributed by atoms with E-state index in [1.165, 1.54) is 0 Å². The molecule has 0 saturated carbocycles. The Labute approximate surface area is 118 Å². The molecular weight excluding hydrogens is 264 g/mol. The van der Waals surface area contributed by atoms with Crippen LogP contribution in [0.1, 0.15) is 25.0 Å². The summed E-state index contributed by atoms with van der Waals surface area (Å²) >= 11 is 6.22. The van der Waals surface area contributed by atoms with Gasteiger partial charge in [0.05, 0.1) is 24.6 Å². The molecule has 104 valence electrons. The standard InChI is InChI=1S/C14H19ClN2O2/c1-4-19-9-8-17-11-6-5-7-12(18-3)13(11)16-14(17)10(2)15/h5-7,10H,4,8-9H2,1-3H3. The third kappa shape index (κ3) is 2.85. The minimum absolute atomic E-state index is 0.154. The van der Waals surface area contributed by atoms with Gasteiger partial charge < -0.3 is 14.0 Å². The van der Waals surface area contributed by atoms with E-state index in [9.17, 15) is 0 Å².